The van der Waals surface area contributed by atoms with Crippen LogP contribution >= 0.6 is 0 Å². The third-order valence-corrected chi connectivity index (χ3v) is 3.73. The van der Waals surface area contributed by atoms with Crippen molar-refractivity contribution in [2.24, 2.45) is 0 Å². The number of rotatable bonds is 4. The molecular formula is C15H23NO. The van der Waals surface area contributed by atoms with Gasteiger partial charge in [0.25, 0.3) is 0 Å². The van der Waals surface area contributed by atoms with Gasteiger partial charge in [0.1, 0.15) is 0 Å². The molecule has 1 aliphatic rings. The Bertz CT molecular complexity index is 333. The zero-order chi connectivity index (χ0) is 12.1. The quantitative estimate of drug-likeness (QED) is 0.838. The van der Waals surface area contributed by atoms with Crippen LogP contribution in [0.1, 0.15) is 43.7 Å². The normalized spacial score (nSPS) is 24.8. The second-order valence-electron chi connectivity index (χ2n) is 5.01. The lowest BCUT2D eigenvalue weighted by molar-refractivity contribution is 0.0902. The monoisotopic (exact) mass is 233 g/mol. The van der Waals surface area contributed by atoms with E-state index in [1.54, 1.807) is 0 Å². The minimum absolute atomic E-state index is 0.154. The summed E-state index contributed by atoms with van der Waals surface area (Å²) >= 11 is 0. The van der Waals surface area contributed by atoms with Crippen molar-refractivity contribution in [3.63, 3.8) is 0 Å². The van der Waals surface area contributed by atoms with Crippen molar-refractivity contribution in [1.82, 2.24) is 5.32 Å². The lowest BCUT2D eigenvalue weighted by Crippen LogP contribution is -2.41. The molecule has 1 fully saturated rings. The van der Waals surface area contributed by atoms with Crippen molar-refractivity contribution in [3.05, 3.63) is 35.4 Å². The van der Waals surface area contributed by atoms with Crippen molar-refractivity contribution in [3.8, 4) is 0 Å². The second kappa shape index (κ2) is 6.18. The number of nitrogens with one attached hydrogen (secondary N) is 1. The van der Waals surface area contributed by atoms with E-state index < -0.39 is 0 Å². The van der Waals surface area contributed by atoms with E-state index in [1.165, 1.54) is 24.0 Å². The molecule has 0 spiro atoms. The van der Waals surface area contributed by atoms with E-state index in [4.69, 9.17) is 0 Å². The van der Waals surface area contributed by atoms with Crippen molar-refractivity contribution < 1.29 is 5.11 Å². The van der Waals surface area contributed by atoms with Gasteiger partial charge in [0.2, 0.25) is 0 Å². The summed E-state index contributed by atoms with van der Waals surface area (Å²) in [7, 11) is 0. The van der Waals surface area contributed by atoms with Crippen LogP contribution in [-0.4, -0.2) is 17.3 Å². The van der Waals surface area contributed by atoms with Crippen molar-refractivity contribution >= 4 is 0 Å². The summed E-state index contributed by atoms with van der Waals surface area (Å²) in [6.07, 6.45) is 5.41. The van der Waals surface area contributed by atoms with Crippen molar-refractivity contribution in [2.45, 2.75) is 57.7 Å². The molecule has 0 radical (unpaired) electrons. The van der Waals surface area contributed by atoms with Crippen LogP contribution in [0.2, 0.25) is 0 Å². The van der Waals surface area contributed by atoms with Gasteiger partial charge < -0.3 is 10.4 Å². The molecule has 1 aromatic carbocycles. The van der Waals surface area contributed by atoms with Crippen LogP contribution in [0.15, 0.2) is 24.3 Å². The van der Waals surface area contributed by atoms with E-state index in [1.807, 2.05) is 0 Å². The third kappa shape index (κ3) is 3.55. The van der Waals surface area contributed by atoms with Gasteiger partial charge >= 0.3 is 0 Å². The van der Waals surface area contributed by atoms with Gasteiger partial charge in [-0.1, -0.05) is 44.0 Å². The molecule has 2 heteroatoms. The lowest BCUT2D eigenvalue weighted by atomic mass is 9.92. The largest absolute Gasteiger partial charge is 0.392 e. The Labute approximate surface area is 104 Å². The van der Waals surface area contributed by atoms with E-state index in [0.29, 0.717) is 0 Å². The van der Waals surface area contributed by atoms with Crippen LogP contribution in [-0.2, 0) is 13.0 Å². The Kier molecular flexibility index (Phi) is 4.57. The van der Waals surface area contributed by atoms with E-state index in [9.17, 15) is 5.11 Å². The van der Waals surface area contributed by atoms with Crippen LogP contribution < -0.4 is 5.32 Å². The molecule has 0 heterocycles. The van der Waals surface area contributed by atoms with Gasteiger partial charge in [0.05, 0.1) is 6.10 Å². The maximum Gasteiger partial charge on any atom is 0.0693 e. The number of aliphatic hydroxyl groups excluding tert-OH is 1. The van der Waals surface area contributed by atoms with Gasteiger partial charge in [-0.25, -0.2) is 0 Å². The van der Waals surface area contributed by atoms with Crippen LogP contribution in [0, 0.1) is 0 Å². The molecule has 1 aromatic rings. The summed E-state index contributed by atoms with van der Waals surface area (Å²) in [5.74, 6) is 0. The van der Waals surface area contributed by atoms with Gasteiger partial charge in [-0.15, -0.1) is 0 Å². The number of aliphatic hydroxyl groups is 1. The van der Waals surface area contributed by atoms with Crippen molar-refractivity contribution in [1.29, 1.82) is 0 Å². The van der Waals surface area contributed by atoms with Gasteiger partial charge in [-0.3, -0.25) is 0 Å². The molecule has 0 bridgehead atoms. The molecule has 0 aliphatic heterocycles. The highest BCUT2D eigenvalue weighted by atomic mass is 16.3. The van der Waals surface area contributed by atoms with E-state index in [-0.39, 0.29) is 12.1 Å². The Hall–Kier alpha value is -0.860. The van der Waals surface area contributed by atoms with Gasteiger partial charge in [0.15, 0.2) is 0 Å². The molecule has 0 amide bonds. The van der Waals surface area contributed by atoms with Crippen LogP contribution in [0.4, 0.5) is 0 Å². The fourth-order valence-electron chi connectivity index (χ4n) is 2.49. The second-order valence-corrected chi connectivity index (χ2v) is 5.01. The average Bonchev–Trinajstić information content (AvgIpc) is 2.38. The zero-order valence-corrected chi connectivity index (χ0v) is 10.7. The standard InChI is InChI=1S/C15H23NO/c1-2-12-7-9-13(10-8-12)11-16-14-5-3-4-6-15(14)17/h7-10,14-17H,2-6,11H2,1H3/t14-,15-/m0/s1. The van der Waals surface area contributed by atoms with E-state index in [2.05, 4.69) is 36.5 Å². The fourth-order valence-corrected chi connectivity index (χ4v) is 2.49. The van der Waals surface area contributed by atoms with Crippen LogP contribution in [0.25, 0.3) is 0 Å². The molecule has 2 N–H and O–H groups in total. The molecule has 2 nitrogen and oxygen atoms in total. The minimum atomic E-state index is -0.154. The Morgan fingerprint density at radius 1 is 1.12 bits per heavy atom. The Balaban J connectivity index is 1.84. The van der Waals surface area contributed by atoms with Crippen LogP contribution in [0.3, 0.4) is 0 Å². The van der Waals surface area contributed by atoms with E-state index >= 15 is 0 Å². The first-order valence-electron chi connectivity index (χ1n) is 6.79. The first kappa shape index (κ1) is 12.6. The summed E-state index contributed by atoms with van der Waals surface area (Å²) in [4.78, 5) is 0. The number of hydrogen-bond acceptors (Lipinski definition) is 2. The highest BCUT2D eigenvalue weighted by Crippen LogP contribution is 2.18. The summed E-state index contributed by atoms with van der Waals surface area (Å²) < 4.78 is 0. The fraction of sp³-hybridized carbons (Fsp3) is 0.600. The maximum absolute atomic E-state index is 9.87. The minimum Gasteiger partial charge on any atom is -0.392 e. The highest BCUT2D eigenvalue weighted by molar-refractivity contribution is 5.22. The number of benzene rings is 1. The topological polar surface area (TPSA) is 32.3 Å². The predicted molar refractivity (Wildman–Crippen MR) is 70.9 cm³/mol. The third-order valence-electron chi connectivity index (χ3n) is 3.73. The smallest absolute Gasteiger partial charge is 0.0693 e. The molecule has 1 saturated carbocycles. The van der Waals surface area contributed by atoms with Crippen molar-refractivity contribution in [2.75, 3.05) is 0 Å². The Morgan fingerprint density at radius 2 is 1.76 bits per heavy atom. The molecule has 1 aliphatic carbocycles. The first-order chi connectivity index (χ1) is 8.29. The Morgan fingerprint density at radius 3 is 2.41 bits per heavy atom. The molecule has 2 atom stereocenters. The molecular weight excluding hydrogens is 210 g/mol. The summed E-state index contributed by atoms with van der Waals surface area (Å²) in [6.45, 7) is 3.04. The predicted octanol–water partition coefficient (Wildman–Crippen LogP) is 2.64. The summed E-state index contributed by atoms with van der Waals surface area (Å²) in [5.41, 5.74) is 2.69. The average molecular weight is 233 g/mol. The van der Waals surface area contributed by atoms with Gasteiger partial charge in [-0.05, 0) is 30.4 Å². The molecule has 2 rings (SSSR count). The first-order valence-corrected chi connectivity index (χ1v) is 6.79. The maximum atomic E-state index is 9.87. The zero-order valence-electron chi connectivity index (χ0n) is 10.7. The molecule has 0 aromatic heterocycles. The number of aryl methyl sites for hydroxylation is 1. The van der Waals surface area contributed by atoms with E-state index in [0.717, 1.165) is 25.8 Å². The lowest BCUT2D eigenvalue weighted by Gasteiger charge is -2.28. The molecule has 17 heavy (non-hydrogen) atoms. The number of hydrogen-bond donors (Lipinski definition) is 2. The molecule has 94 valence electrons. The summed E-state index contributed by atoms with van der Waals surface area (Å²) in [6, 6.07) is 9.03. The van der Waals surface area contributed by atoms with Gasteiger partial charge in [0, 0.05) is 12.6 Å². The van der Waals surface area contributed by atoms with Crippen LogP contribution in [0.5, 0.6) is 0 Å². The highest BCUT2D eigenvalue weighted by Gasteiger charge is 2.21. The van der Waals surface area contributed by atoms with Gasteiger partial charge in [-0.2, -0.15) is 0 Å². The summed E-state index contributed by atoms with van der Waals surface area (Å²) in [5, 5.41) is 13.3. The molecule has 0 saturated heterocycles. The SMILES string of the molecule is CCc1ccc(CN[C@H]2CCCC[C@@H]2O)cc1. The molecule has 0 unspecified atom stereocenters.